The molecule has 2 aromatic rings. The van der Waals surface area contributed by atoms with Crippen molar-refractivity contribution >= 4 is 17.3 Å². The fraction of sp³-hybridized carbons (Fsp3) is 0.188. The van der Waals surface area contributed by atoms with Crippen LogP contribution in [0, 0.1) is 11.3 Å². The van der Waals surface area contributed by atoms with E-state index in [0.29, 0.717) is 22.9 Å². The van der Waals surface area contributed by atoms with Gasteiger partial charge in [0.15, 0.2) is 11.5 Å². The largest absolute Gasteiger partial charge is 0.504 e. The van der Waals surface area contributed by atoms with Crippen molar-refractivity contribution in [2.24, 2.45) is 0 Å². The molecule has 0 aliphatic heterocycles. The second-order valence-corrected chi connectivity index (χ2v) is 4.81. The van der Waals surface area contributed by atoms with Crippen molar-refractivity contribution in [3.8, 4) is 17.6 Å². The number of benzene rings is 2. The third-order valence-corrected chi connectivity index (χ3v) is 3.15. The van der Waals surface area contributed by atoms with Crippen molar-refractivity contribution in [1.82, 2.24) is 0 Å². The topological polar surface area (TPSA) is 65.3 Å². The molecule has 5 heteroatoms. The fourth-order valence-corrected chi connectivity index (χ4v) is 2.01. The number of halogens is 1. The number of nitriles is 1. The number of hydrogen-bond acceptors (Lipinski definition) is 4. The minimum Gasteiger partial charge on any atom is -0.504 e. The van der Waals surface area contributed by atoms with Crippen LogP contribution < -0.4 is 10.1 Å². The maximum atomic E-state index is 9.70. The average Bonchev–Trinajstić information content (AvgIpc) is 2.49. The van der Waals surface area contributed by atoms with E-state index in [9.17, 15) is 10.4 Å². The van der Waals surface area contributed by atoms with Crippen LogP contribution in [0.5, 0.6) is 11.5 Å². The number of hydrogen-bond donors (Lipinski definition) is 2. The summed E-state index contributed by atoms with van der Waals surface area (Å²) in [6, 6.07) is 13.6. The molecule has 2 N–H and O–H groups in total. The van der Waals surface area contributed by atoms with Gasteiger partial charge in [-0.05, 0) is 48.9 Å². The minimum atomic E-state index is -0.550. The summed E-state index contributed by atoms with van der Waals surface area (Å²) in [5.41, 5.74) is 1.51. The van der Waals surface area contributed by atoms with Crippen LogP contribution in [0.25, 0.3) is 0 Å². The molecule has 0 aromatic heterocycles. The molecule has 2 aromatic carbocycles. The highest BCUT2D eigenvalue weighted by Gasteiger charge is 2.13. The van der Waals surface area contributed by atoms with Crippen molar-refractivity contribution in [2.45, 2.75) is 13.0 Å². The first-order chi connectivity index (χ1) is 10.1. The van der Waals surface area contributed by atoms with Crippen molar-refractivity contribution < 1.29 is 9.84 Å². The monoisotopic (exact) mass is 302 g/mol. The zero-order chi connectivity index (χ0) is 15.2. The van der Waals surface area contributed by atoms with Crippen molar-refractivity contribution in [3.05, 3.63) is 53.1 Å². The van der Waals surface area contributed by atoms with Gasteiger partial charge in [-0.2, -0.15) is 5.26 Å². The molecule has 0 bridgehead atoms. The summed E-state index contributed by atoms with van der Waals surface area (Å²) in [5, 5.41) is 22.8. The lowest BCUT2D eigenvalue weighted by atomic mass is 10.1. The summed E-state index contributed by atoms with van der Waals surface area (Å²) >= 11 is 5.83. The third kappa shape index (κ3) is 3.80. The number of ether oxygens (including phenoxy) is 1. The molecule has 1 atom stereocenters. The molecule has 0 heterocycles. The molecular formula is C16H15ClN2O2. The molecule has 0 fully saturated rings. The summed E-state index contributed by atoms with van der Waals surface area (Å²) in [6.45, 7) is 2.28. The molecule has 1 unspecified atom stereocenters. The van der Waals surface area contributed by atoms with Gasteiger partial charge in [0.2, 0.25) is 0 Å². The Morgan fingerprint density at radius 3 is 2.62 bits per heavy atom. The van der Waals surface area contributed by atoms with Crippen LogP contribution in [0.4, 0.5) is 5.69 Å². The Morgan fingerprint density at radius 1 is 1.29 bits per heavy atom. The van der Waals surface area contributed by atoms with Gasteiger partial charge in [0.1, 0.15) is 6.04 Å². The first kappa shape index (κ1) is 15.0. The van der Waals surface area contributed by atoms with E-state index in [1.165, 1.54) is 6.07 Å². The van der Waals surface area contributed by atoms with Crippen LogP contribution >= 0.6 is 11.6 Å². The summed E-state index contributed by atoms with van der Waals surface area (Å²) in [5.74, 6) is 0.428. The van der Waals surface area contributed by atoms with E-state index in [4.69, 9.17) is 16.3 Å². The van der Waals surface area contributed by atoms with E-state index in [1.54, 1.807) is 36.4 Å². The standard InChI is InChI=1S/C16H15ClN2O2/c1-2-21-16-9-11(3-8-15(16)20)14(10-18)19-13-6-4-12(17)5-7-13/h3-9,14,19-20H,2H2,1H3. The molecule has 0 saturated heterocycles. The zero-order valence-electron chi connectivity index (χ0n) is 11.5. The summed E-state index contributed by atoms with van der Waals surface area (Å²) in [6.07, 6.45) is 0. The van der Waals surface area contributed by atoms with Gasteiger partial charge in [0, 0.05) is 10.7 Å². The summed E-state index contributed by atoms with van der Waals surface area (Å²) in [4.78, 5) is 0. The van der Waals surface area contributed by atoms with E-state index < -0.39 is 6.04 Å². The van der Waals surface area contributed by atoms with Gasteiger partial charge in [0.25, 0.3) is 0 Å². The lowest BCUT2D eigenvalue weighted by molar-refractivity contribution is 0.317. The zero-order valence-corrected chi connectivity index (χ0v) is 12.3. The number of phenols is 1. The Hall–Kier alpha value is -2.38. The van der Waals surface area contributed by atoms with Gasteiger partial charge < -0.3 is 15.2 Å². The predicted octanol–water partition coefficient (Wildman–Crippen LogP) is 4.12. The number of phenolic OH excluding ortho intramolecular Hbond substituents is 1. The Bertz CT molecular complexity index is 650. The minimum absolute atomic E-state index is 0.0591. The van der Waals surface area contributed by atoms with Crippen LogP contribution in [-0.4, -0.2) is 11.7 Å². The van der Waals surface area contributed by atoms with Gasteiger partial charge in [-0.15, -0.1) is 0 Å². The third-order valence-electron chi connectivity index (χ3n) is 2.90. The number of aromatic hydroxyl groups is 1. The van der Waals surface area contributed by atoms with Gasteiger partial charge in [-0.1, -0.05) is 17.7 Å². The Balaban J connectivity index is 2.23. The van der Waals surface area contributed by atoms with E-state index in [2.05, 4.69) is 11.4 Å². The Morgan fingerprint density at radius 2 is 2.00 bits per heavy atom. The van der Waals surface area contributed by atoms with Gasteiger partial charge in [-0.3, -0.25) is 0 Å². The molecule has 0 radical (unpaired) electrons. The van der Waals surface area contributed by atoms with Crippen LogP contribution in [0.15, 0.2) is 42.5 Å². The fourth-order valence-electron chi connectivity index (χ4n) is 1.88. The second kappa shape index (κ2) is 6.87. The molecule has 0 spiro atoms. The number of anilines is 1. The normalized spacial score (nSPS) is 11.5. The quantitative estimate of drug-likeness (QED) is 0.872. The first-order valence-electron chi connectivity index (χ1n) is 6.51. The number of nitrogens with zero attached hydrogens (tertiary/aromatic N) is 1. The Kier molecular flexibility index (Phi) is 4.91. The van der Waals surface area contributed by atoms with Gasteiger partial charge in [-0.25, -0.2) is 0 Å². The summed E-state index contributed by atoms with van der Waals surface area (Å²) in [7, 11) is 0. The lowest BCUT2D eigenvalue weighted by Crippen LogP contribution is -2.08. The van der Waals surface area contributed by atoms with Crippen LogP contribution in [0.2, 0.25) is 5.02 Å². The molecule has 2 rings (SSSR count). The molecule has 0 aliphatic rings. The highest BCUT2D eigenvalue weighted by molar-refractivity contribution is 6.30. The molecular weight excluding hydrogens is 288 g/mol. The lowest BCUT2D eigenvalue weighted by Gasteiger charge is -2.15. The predicted molar refractivity (Wildman–Crippen MR) is 82.7 cm³/mol. The SMILES string of the molecule is CCOc1cc(C(C#N)Nc2ccc(Cl)cc2)ccc1O. The smallest absolute Gasteiger partial charge is 0.161 e. The molecule has 0 amide bonds. The van der Waals surface area contributed by atoms with E-state index in [-0.39, 0.29) is 5.75 Å². The van der Waals surface area contributed by atoms with Crippen LogP contribution in [0.1, 0.15) is 18.5 Å². The van der Waals surface area contributed by atoms with Gasteiger partial charge >= 0.3 is 0 Å². The second-order valence-electron chi connectivity index (χ2n) is 4.37. The molecule has 0 saturated carbocycles. The van der Waals surface area contributed by atoms with Crippen molar-refractivity contribution in [2.75, 3.05) is 11.9 Å². The molecule has 21 heavy (non-hydrogen) atoms. The average molecular weight is 303 g/mol. The first-order valence-corrected chi connectivity index (χ1v) is 6.89. The van der Waals surface area contributed by atoms with Crippen LogP contribution in [-0.2, 0) is 0 Å². The Labute approximate surface area is 128 Å². The highest BCUT2D eigenvalue weighted by Crippen LogP contribution is 2.30. The molecule has 108 valence electrons. The summed E-state index contributed by atoms with van der Waals surface area (Å²) < 4.78 is 5.33. The van der Waals surface area contributed by atoms with E-state index in [1.807, 2.05) is 6.92 Å². The molecule has 4 nitrogen and oxygen atoms in total. The van der Waals surface area contributed by atoms with Gasteiger partial charge in [0.05, 0.1) is 12.7 Å². The van der Waals surface area contributed by atoms with Crippen molar-refractivity contribution in [3.63, 3.8) is 0 Å². The van der Waals surface area contributed by atoms with E-state index >= 15 is 0 Å². The maximum Gasteiger partial charge on any atom is 0.161 e. The van der Waals surface area contributed by atoms with Crippen LogP contribution in [0.3, 0.4) is 0 Å². The number of nitrogens with one attached hydrogen (secondary N) is 1. The van der Waals surface area contributed by atoms with Crippen molar-refractivity contribution in [1.29, 1.82) is 5.26 Å². The molecule has 0 aliphatic carbocycles. The highest BCUT2D eigenvalue weighted by atomic mass is 35.5. The maximum absolute atomic E-state index is 9.70. The number of rotatable bonds is 5. The van der Waals surface area contributed by atoms with E-state index in [0.717, 1.165) is 5.69 Å².